The van der Waals surface area contributed by atoms with E-state index in [9.17, 15) is 14.9 Å². The lowest BCUT2D eigenvalue weighted by Gasteiger charge is -2.38. The number of nitrogens with zero attached hydrogens (tertiary/aromatic N) is 2. The van der Waals surface area contributed by atoms with Crippen LogP contribution in [0, 0.1) is 11.3 Å². The fourth-order valence-corrected chi connectivity index (χ4v) is 3.18. The number of esters is 1. The van der Waals surface area contributed by atoms with Gasteiger partial charge in [0.1, 0.15) is 5.60 Å². The average molecular weight is 372 g/mol. The summed E-state index contributed by atoms with van der Waals surface area (Å²) in [5.74, 6) is -0.258. The van der Waals surface area contributed by atoms with E-state index in [-0.39, 0.29) is 18.5 Å². The van der Waals surface area contributed by atoms with Crippen LogP contribution in [0.15, 0.2) is 24.3 Å². The number of amides is 1. The predicted octanol–water partition coefficient (Wildman–Crippen LogP) is 3.58. The van der Waals surface area contributed by atoms with E-state index in [1.54, 1.807) is 11.8 Å². The number of piperidine rings is 1. The summed E-state index contributed by atoms with van der Waals surface area (Å²) in [5, 5.41) is 9.83. The Hall–Kier alpha value is -2.55. The van der Waals surface area contributed by atoms with Crippen LogP contribution < -0.4 is 0 Å². The molecule has 1 amide bonds. The summed E-state index contributed by atoms with van der Waals surface area (Å²) in [6, 6.07) is 9.99. The molecule has 27 heavy (non-hydrogen) atoms. The predicted molar refractivity (Wildman–Crippen MR) is 101 cm³/mol. The van der Waals surface area contributed by atoms with Gasteiger partial charge in [0.15, 0.2) is 0 Å². The topological polar surface area (TPSA) is 79.6 Å². The van der Waals surface area contributed by atoms with Gasteiger partial charge in [0, 0.05) is 13.1 Å². The Morgan fingerprint density at radius 2 is 1.78 bits per heavy atom. The van der Waals surface area contributed by atoms with E-state index < -0.39 is 11.0 Å². The maximum absolute atomic E-state index is 12.2. The van der Waals surface area contributed by atoms with Crippen LogP contribution in [0.1, 0.15) is 51.7 Å². The molecule has 1 saturated heterocycles. The van der Waals surface area contributed by atoms with Gasteiger partial charge in [-0.2, -0.15) is 5.26 Å². The van der Waals surface area contributed by atoms with Crippen LogP contribution in [0.5, 0.6) is 0 Å². The van der Waals surface area contributed by atoms with Crippen LogP contribution in [-0.2, 0) is 26.1 Å². The third kappa shape index (κ3) is 5.46. The summed E-state index contributed by atoms with van der Waals surface area (Å²) in [7, 11) is 0. The number of likely N-dealkylation sites (tertiary alicyclic amines) is 1. The van der Waals surface area contributed by atoms with E-state index in [1.807, 2.05) is 45.0 Å². The Bertz CT molecular complexity index is 705. The van der Waals surface area contributed by atoms with Crippen molar-refractivity contribution in [2.24, 2.45) is 0 Å². The molecule has 6 nitrogen and oxygen atoms in total. The standard InChI is InChI=1S/C21H28N2O4/c1-5-26-18(24)14-16-6-8-17(9-7-16)21(15-22)10-12-23(13-11-21)19(25)27-20(2,3)4/h6-9H,5,10-14H2,1-4H3. The molecule has 146 valence electrons. The molecule has 1 fully saturated rings. The van der Waals surface area contributed by atoms with E-state index in [2.05, 4.69) is 6.07 Å². The first-order valence-corrected chi connectivity index (χ1v) is 9.33. The van der Waals surface area contributed by atoms with E-state index in [0.29, 0.717) is 32.5 Å². The fraction of sp³-hybridized carbons (Fsp3) is 0.571. The molecule has 0 radical (unpaired) electrons. The lowest BCUT2D eigenvalue weighted by atomic mass is 9.74. The lowest BCUT2D eigenvalue weighted by molar-refractivity contribution is -0.142. The molecule has 0 unspecified atom stereocenters. The molecule has 1 aliphatic rings. The van der Waals surface area contributed by atoms with Crippen molar-refractivity contribution in [2.75, 3.05) is 19.7 Å². The average Bonchev–Trinajstić information content (AvgIpc) is 2.61. The highest BCUT2D eigenvalue weighted by molar-refractivity contribution is 5.72. The molecule has 0 aliphatic carbocycles. The Morgan fingerprint density at radius 3 is 2.26 bits per heavy atom. The molecule has 0 atom stereocenters. The zero-order chi connectivity index (χ0) is 20.1. The van der Waals surface area contributed by atoms with Crippen molar-refractivity contribution >= 4 is 12.1 Å². The van der Waals surface area contributed by atoms with Gasteiger partial charge < -0.3 is 14.4 Å². The van der Waals surface area contributed by atoms with Crippen LogP contribution in [0.4, 0.5) is 4.79 Å². The lowest BCUT2D eigenvalue weighted by Crippen LogP contribution is -2.46. The summed E-state index contributed by atoms with van der Waals surface area (Å²) in [6.07, 6.45) is 0.999. The highest BCUT2D eigenvalue weighted by Gasteiger charge is 2.38. The number of carbonyl (C=O) groups is 2. The Labute approximate surface area is 161 Å². The molecule has 1 aliphatic heterocycles. The summed E-state index contributed by atoms with van der Waals surface area (Å²) < 4.78 is 10.4. The molecule has 1 heterocycles. The van der Waals surface area contributed by atoms with Crippen molar-refractivity contribution in [1.82, 2.24) is 4.90 Å². The smallest absolute Gasteiger partial charge is 0.410 e. The van der Waals surface area contributed by atoms with E-state index in [1.165, 1.54) is 0 Å². The monoisotopic (exact) mass is 372 g/mol. The van der Waals surface area contributed by atoms with Crippen molar-refractivity contribution in [3.63, 3.8) is 0 Å². The molecular weight excluding hydrogens is 344 g/mol. The highest BCUT2D eigenvalue weighted by atomic mass is 16.6. The minimum Gasteiger partial charge on any atom is -0.466 e. The van der Waals surface area contributed by atoms with Crippen molar-refractivity contribution in [2.45, 2.75) is 58.0 Å². The van der Waals surface area contributed by atoms with E-state index in [0.717, 1.165) is 11.1 Å². The molecule has 0 spiro atoms. The largest absolute Gasteiger partial charge is 0.466 e. The molecule has 2 rings (SSSR count). The summed E-state index contributed by atoms with van der Waals surface area (Å²) in [6.45, 7) is 8.62. The van der Waals surface area contributed by atoms with Gasteiger partial charge in [-0.1, -0.05) is 24.3 Å². The van der Waals surface area contributed by atoms with E-state index >= 15 is 0 Å². The van der Waals surface area contributed by atoms with Crippen LogP contribution in [0.2, 0.25) is 0 Å². The second kappa shape index (κ2) is 8.43. The van der Waals surface area contributed by atoms with Crippen molar-refractivity contribution in [3.05, 3.63) is 35.4 Å². The second-order valence-corrected chi connectivity index (χ2v) is 7.84. The van der Waals surface area contributed by atoms with Gasteiger partial charge in [0.2, 0.25) is 0 Å². The molecule has 1 aromatic rings. The Balaban J connectivity index is 2.04. The number of rotatable bonds is 4. The molecule has 0 saturated carbocycles. The van der Waals surface area contributed by atoms with Gasteiger partial charge >= 0.3 is 12.1 Å². The van der Waals surface area contributed by atoms with Crippen molar-refractivity contribution in [1.29, 1.82) is 5.26 Å². The minimum absolute atomic E-state index is 0.222. The van der Waals surface area contributed by atoms with Crippen LogP contribution in [-0.4, -0.2) is 42.3 Å². The number of hydrogen-bond donors (Lipinski definition) is 0. The zero-order valence-corrected chi connectivity index (χ0v) is 16.6. The number of ether oxygens (including phenoxy) is 2. The first-order chi connectivity index (χ1) is 12.7. The number of benzene rings is 1. The number of nitriles is 1. The maximum atomic E-state index is 12.2. The molecular formula is C21H28N2O4. The van der Waals surface area contributed by atoms with Gasteiger partial charge in [-0.25, -0.2) is 4.79 Å². The van der Waals surface area contributed by atoms with Crippen molar-refractivity contribution in [3.8, 4) is 6.07 Å². The van der Waals surface area contributed by atoms with Crippen LogP contribution in [0.25, 0.3) is 0 Å². The van der Waals surface area contributed by atoms with Gasteiger partial charge in [0.05, 0.1) is 24.5 Å². The number of hydrogen-bond acceptors (Lipinski definition) is 5. The van der Waals surface area contributed by atoms with Crippen molar-refractivity contribution < 1.29 is 19.1 Å². The normalized spacial score (nSPS) is 16.3. The van der Waals surface area contributed by atoms with Crippen LogP contribution >= 0.6 is 0 Å². The first-order valence-electron chi connectivity index (χ1n) is 9.33. The SMILES string of the molecule is CCOC(=O)Cc1ccc(C2(C#N)CCN(C(=O)OC(C)(C)C)CC2)cc1. The quantitative estimate of drug-likeness (QED) is 0.755. The second-order valence-electron chi connectivity index (χ2n) is 7.84. The maximum Gasteiger partial charge on any atom is 0.410 e. The molecule has 6 heteroatoms. The summed E-state index contributed by atoms with van der Waals surface area (Å²) >= 11 is 0. The van der Waals surface area contributed by atoms with Gasteiger partial charge in [-0.15, -0.1) is 0 Å². The number of carbonyl (C=O) groups excluding carboxylic acids is 2. The Kier molecular flexibility index (Phi) is 6.48. The molecule has 1 aromatic carbocycles. The van der Waals surface area contributed by atoms with Gasteiger partial charge in [0.25, 0.3) is 0 Å². The minimum atomic E-state index is -0.624. The first kappa shape index (κ1) is 20.8. The van der Waals surface area contributed by atoms with E-state index in [4.69, 9.17) is 9.47 Å². The Morgan fingerprint density at radius 1 is 1.19 bits per heavy atom. The zero-order valence-electron chi connectivity index (χ0n) is 16.6. The molecule has 0 N–H and O–H groups in total. The van der Waals surface area contributed by atoms with Gasteiger partial charge in [-0.05, 0) is 51.7 Å². The van der Waals surface area contributed by atoms with Crippen LogP contribution in [0.3, 0.4) is 0 Å². The summed E-state index contributed by atoms with van der Waals surface area (Å²) in [5.41, 5.74) is 0.620. The van der Waals surface area contributed by atoms with Gasteiger partial charge in [-0.3, -0.25) is 4.79 Å². The third-order valence-electron chi connectivity index (χ3n) is 4.64. The third-order valence-corrected chi connectivity index (χ3v) is 4.64. The molecule has 0 aromatic heterocycles. The molecule has 0 bridgehead atoms. The summed E-state index contributed by atoms with van der Waals surface area (Å²) in [4.78, 5) is 25.5. The fourth-order valence-electron chi connectivity index (χ4n) is 3.18. The highest BCUT2D eigenvalue weighted by Crippen LogP contribution is 2.35.